The Kier molecular flexibility index (Phi) is 4.78. The SMILES string of the molecule is CC[C@@H](O)c1ccc(N2CCC(N3CCOCC3)C2)cc1. The Balaban J connectivity index is 1.60. The average Bonchev–Trinajstić information content (AvgIpc) is 3.05. The van der Waals surface area contributed by atoms with E-state index in [0.717, 1.165) is 51.4 Å². The largest absolute Gasteiger partial charge is 0.388 e. The van der Waals surface area contributed by atoms with E-state index >= 15 is 0 Å². The number of benzene rings is 1. The molecule has 0 aromatic heterocycles. The van der Waals surface area contributed by atoms with Crippen LogP contribution in [0.25, 0.3) is 0 Å². The van der Waals surface area contributed by atoms with Crippen LogP contribution in [0.5, 0.6) is 0 Å². The van der Waals surface area contributed by atoms with Crippen molar-refractivity contribution < 1.29 is 9.84 Å². The van der Waals surface area contributed by atoms with Crippen LogP contribution in [0.15, 0.2) is 24.3 Å². The first-order valence-corrected chi connectivity index (χ1v) is 8.12. The monoisotopic (exact) mass is 290 g/mol. The second kappa shape index (κ2) is 6.77. The van der Waals surface area contributed by atoms with Crippen molar-refractivity contribution in [1.82, 2.24) is 4.90 Å². The van der Waals surface area contributed by atoms with Crippen LogP contribution in [0.1, 0.15) is 31.4 Å². The molecule has 2 saturated heterocycles. The van der Waals surface area contributed by atoms with Gasteiger partial charge in [0.2, 0.25) is 0 Å². The summed E-state index contributed by atoms with van der Waals surface area (Å²) >= 11 is 0. The standard InChI is InChI=1S/C17H26N2O2/c1-2-17(20)14-3-5-15(6-4-14)19-8-7-16(13-19)18-9-11-21-12-10-18/h3-6,16-17,20H,2,7-13H2,1H3/t16?,17-/m1/s1. The van der Waals surface area contributed by atoms with Crippen molar-refractivity contribution in [2.45, 2.75) is 31.9 Å². The molecule has 0 spiro atoms. The van der Waals surface area contributed by atoms with E-state index in [4.69, 9.17) is 4.74 Å². The lowest BCUT2D eigenvalue weighted by atomic mass is 10.1. The zero-order valence-corrected chi connectivity index (χ0v) is 12.9. The first-order chi connectivity index (χ1) is 10.3. The van der Waals surface area contributed by atoms with Crippen LogP contribution in [0.2, 0.25) is 0 Å². The molecule has 0 amide bonds. The van der Waals surface area contributed by atoms with Gasteiger partial charge in [-0.15, -0.1) is 0 Å². The molecule has 1 aromatic rings. The Morgan fingerprint density at radius 2 is 1.90 bits per heavy atom. The fraction of sp³-hybridized carbons (Fsp3) is 0.647. The molecule has 2 aliphatic rings. The van der Waals surface area contributed by atoms with Gasteiger partial charge in [-0.2, -0.15) is 0 Å². The Bertz CT molecular complexity index is 443. The quantitative estimate of drug-likeness (QED) is 0.920. The minimum atomic E-state index is -0.335. The Morgan fingerprint density at radius 3 is 2.57 bits per heavy atom. The fourth-order valence-electron chi connectivity index (χ4n) is 3.36. The summed E-state index contributed by atoms with van der Waals surface area (Å²) in [4.78, 5) is 5.03. The maximum atomic E-state index is 9.87. The highest BCUT2D eigenvalue weighted by Gasteiger charge is 2.28. The summed E-state index contributed by atoms with van der Waals surface area (Å²) in [5.74, 6) is 0. The van der Waals surface area contributed by atoms with Gasteiger partial charge < -0.3 is 14.7 Å². The number of rotatable bonds is 4. The van der Waals surface area contributed by atoms with Crippen molar-refractivity contribution in [3.63, 3.8) is 0 Å². The van der Waals surface area contributed by atoms with E-state index in [2.05, 4.69) is 34.1 Å². The predicted molar refractivity (Wildman–Crippen MR) is 84.7 cm³/mol. The number of hydrogen-bond acceptors (Lipinski definition) is 4. The lowest BCUT2D eigenvalue weighted by Gasteiger charge is -2.32. The molecule has 1 aromatic carbocycles. The molecule has 21 heavy (non-hydrogen) atoms. The number of ether oxygens (including phenoxy) is 1. The van der Waals surface area contributed by atoms with Gasteiger partial charge in [0.05, 0.1) is 19.3 Å². The second-order valence-corrected chi connectivity index (χ2v) is 6.05. The van der Waals surface area contributed by atoms with Crippen LogP contribution >= 0.6 is 0 Å². The maximum Gasteiger partial charge on any atom is 0.0787 e. The van der Waals surface area contributed by atoms with Crippen molar-refractivity contribution in [2.75, 3.05) is 44.3 Å². The van der Waals surface area contributed by atoms with Gasteiger partial charge in [-0.1, -0.05) is 19.1 Å². The van der Waals surface area contributed by atoms with Gasteiger partial charge in [-0.25, -0.2) is 0 Å². The number of hydrogen-bond donors (Lipinski definition) is 1. The normalized spacial score (nSPS) is 25.2. The maximum absolute atomic E-state index is 9.87. The summed E-state index contributed by atoms with van der Waals surface area (Å²) in [5.41, 5.74) is 2.29. The van der Waals surface area contributed by atoms with Crippen LogP contribution in [0.3, 0.4) is 0 Å². The van der Waals surface area contributed by atoms with Crippen LogP contribution in [-0.2, 0) is 4.74 Å². The summed E-state index contributed by atoms with van der Waals surface area (Å²) in [6.07, 6.45) is 1.67. The number of aliphatic hydroxyl groups excluding tert-OH is 1. The topological polar surface area (TPSA) is 35.9 Å². The Hall–Kier alpha value is -1.10. The molecule has 4 nitrogen and oxygen atoms in total. The van der Waals surface area contributed by atoms with Crippen molar-refractivity contribution in [3.8, 4) is 0 Å². The van der Waals surface area contributed by atoms with Crippen molar-refractivity contribution in [1.29, 1.82) is 0 Å². The van der Waals surface area contributed by atoms with E-state index in [-0.39, 0.29) is 6.10 Å². The van der Waals surface area contributed by atoms with Gasteiger partial charge >= 0.3 is 0 Å². The molecule has 0 bridgehead atoms. The summed E-state index contributed by atoms with van der Waals surface area (Å²) in [6, 6.07) is 9.08. The summed E-state index contributed by atoms with van der Waals surface area (Å²) in [7, 11) is 0. The van der Waals surface area contributed by atoms with Crippen molar-refractivity contribution >= 4 is 5.69 Å². The van der Waals surface area contributed by atoms with Gasteiger partial charge in [0.1, 0.15) is 0 Å². The molecule has 0 saturated carbocycles. The molecule has 2 fully saturated rings. The third kappa shape index (κ3) is 3.39. The number of morpholine rings is 1. The zero-order chi connectivity index (χ0) is 14.7. The Morgan fingerprint density at radius 1 is 1.19 bits per heavy atom. The van der Waals surface area contributed by atoms with E-state index < -0.39 is 0 Å². The predicted octanol–water partition coefficient (Wildman–Crippen LogP) is 2.04. The fourth-order valence-corrected chi connectivity index (χ4v) is 3.36. The summed E-state index contributed by atoms with van der Waals surface area (Å²) < 4.78 is 5.44. The van der Waals surface area contributed by atoms with E-state index in [9.17, 15) is 5.11 Å². The third-order valence-electron chi connectivity index (χ3n) is 4.76. The second-order valence-electron chi connectivity index (χ2n) is 6.05. The molecule has 2 aliphatic heterocycles. The first-order valence-electron chi connectivity index (χ1n) is 8.12. The molecule has 4 heteroatoms. The highest BCUT2D eigenvalue weighted by molar-refractivity contribution is 5.49. The van der Waals surface area contributed by atoms with Crippen LogP contribution in [0, 0.1) is 0 Å². The van der Waals surface area contributed by atoms with Gasteiger partial charge in [-0.3, -0.25) is 4.90 Å². The molecule has 2 heterocycles. The zero-order valence-electron chi connectivity index (χ0n) is 12.9. The van der Waals surface area contributed by atoms with E-state index in [1.165, 1.54) is 12.1 Å². The molecular weight excluding hydrogens is 264 g/mol. The van der Waals surface area contributed by atoms with Gasteiger partial charge in [0.15, 0.2) is 0 Å². The van der Waals surface area contributed by atoms with Gasteiger partial charge in [0, 0.05) is 37.9 Å². The van der Waals surface area contributed by atoms with Crippen molar-refractivity contribution in [3.05, 3.63) is 29.8 Å². The highest BCUT2D eigenvalue weighted by atomic mass is 16.5. The molecule has 0 radical (unpaired) electrons. The summed E-state index contributed by atoms with van der Waals surface area (Å²) in [5, 5.41) is 9.87. The lowest BCUT2D eigenvalue weighted by molar-refractivity contribution is 0.0209. The molecule has 0 aliphatic carbocycles. The van der Waals surface area contributed by atoms with E-state index in [1.54, 1.807) is 0 Å². The number of nitrogens with zero attached hydrogens (tertiary/aromatic N) is 2. The van der Waals surface area contributed by atoms with Crippen molar-refractivity contribution in [2.24, 2.45) is 0 Å². The molecule has 116 valence electrons. The average molecular weight is 290 g/mol. The molecule has 2 atom stereocenters. The minimum absolute atomic E-state index is 0.335. The van der Waals surface area contributed by atoms with Gasteiger partial charge in [0.25, 0.3) is 0 Å². The van der Waals surface area contributed by atoms with Crippen LogP contribution in [-0.4, -0.2) is 55.4 Å². The van der Waals surface area contributed by atoms with E-state index in [0.29, 0.717) is 6.04 Å². The molecule has 3 rings (SSSR count). The Labute approximate surface area is 127 Å². The minimum Gasteiger partial charge on any atom is -0.388 e. The number of anilines is 1. The molecular formula is C17H26N2O2. The van der Waals surface area contributed by atoms with Gasteiger partial charge in [-0.05, 0) is 30.5 Å². The first kappa shape index (κ1) is 14.8. The lowest BCUT2D eigenvalue weighted by Crippen LogP contribution is -2.44. The van der Waals surface area contributed by atoms with Crippen LogP contribution in [0.4, 0.5) is 5.69 Å². The summed E-state index contributed by atoms with van der Waals surface area (Å²) in [6.45, 7) is 8.12. The molecule has 1 unspecified atom stereocenters. The van der Waals surface area contributed by atoms with Crippen LogP contribution < -0.4 is 4.90 Å². The smallest absolute Gasteiger partial charge is 0.0787 e. The number of aliphatic hydroxyl groups is 1. The molecule has 1 N–H and O–H groups in total. The highest BCUT2D eigenvalue weighted by Crippen LogP contribution is 2.25. The third-order valence-corrected chi connectivity index (χ3v) is 4.76. The van der Waals surface area contributed by atoms with E-state index in [1.807, 2.05) is 6.92 Å².